The first-order valence-electron chi connectivity index (χ1n) is 6.49. The summed E-state index contributed by atoms with van der Waals surface area (Å²) in [5.74, 6) is -1.30. The van der Waals surface area contributed by atoms with E-state index in [1.165, 1.54) is 0 Å². The van der Waals surface area contributed by atoms with Crippen molar-refractivity contribution in [2.24, 2.45) is 4.99 Å². The third-order valence-electron chi connectivity index (χ3n) is 2.58. The van der Waals surface area contributed by atoms with Crippen molar-refractivity contribution in [1.29, 1.82) is 0 Å². The summed E-state index contributed by atoms with van der Waals surface area (Å²) in [7, 11) is 5.52. The van der Waals surface area contributed by atoms with Crippen LogP contribution in [-0.2, 0) is 9.59 Å². The molecule has 8 nitrogen and oxygen atoms in total. The average Bonchev–Trinajstić information content (AvgIpc) is 2.56. The Morgan fingerprint density at radius 1 is 1.33 bits per heavy atom. The molecule has 1 rings (SSSR count). The first-order chi connectivity index (χ1) is 9.50. The molecule has 0 aromatic rings. The molecule has 8 heteroatoms. The third kappa shape index (κ3) is 8.18. The fourth-order valence-electron chi connectivity index (χ4n) is 1.77. The van der Waals surface area contributed by atoms with Crippen LogP contribution in [0, 0.1) is 0 Å². The number of nitrogens with zero attached hydrogens (tertiary/aromatic N) is 3. The molecule has 0 aromatic carbocycles. The van der Waals surface area contributed by atoms with Gasteiger partial charge in [0.15, 0.2) is 6.54 Å². The van der Waals surface area contributed by atoms with E-state index in [4.69, 9.17) is 10.2 Å². The van der Waals surface area contributed by atoms with Crippen LogP contribution in [0.25, 0.3) is 0 Å². The molecular formula is C13H25N3O5+2. The lowest BCUT2D eigenvalue weighted by atomic mass is 10.3. The van der Waals surface area contributed by atoms with E-state index in [1.54, 1.807) is 6.08 Å². The SMILES string of the molecule is C=CCC1=NCC[N+]1(O)CC(=O)O.C[N+](C)(C)CC(=O)O. The van der Waals surface area contributed by atoms with Gasteiger partial charge in [-0.2, -0.15) is 0 Å². The third-order valence-corrected chi connectivity index (χ3v) is 2.58. The zero-order chi connectivity index (χ0) is 16.7. The Bertz CT molecular complexity index is 428. The van der Waals surface area contributed by atoms with Crippen LogP contribution in [0.4, 0.5) is 0 Å². The molecule has 21 heavy (non-hydrogen) atoms. The number of likely N-dealkylation sites (N-methyl/N-ethyl adjacent to an activating group) is 1. The van der Waals surface area contributed by atoms with Crippen LogP contribution < -0.4 is 0 Å². The summed E-state index contributed by atoms with van der Waals surface area (Å²) in [6.07, 6.45) is 2.04. The van der Waals surface area contributed by atoms with E-state index in [0.717, 1.165) is 0 Å². The van der Waals surface area contributed by atoms with E-state index in [0.29, 0.717) is 29.8 Å². The lowest BCUT2D eigenvalue weighted by molar-refractivity contribution is -1.02. The fourth-order valence-corrected chi connectivity index (χ4v) is 1.77. The van der Waals surface area contributed by atoms with E-state index < -0.39 is 16.6 Å². The van der Waals surface area contributed by atoms with Gasteiger partial charge in [-0.1, -0.05) is 6.08 Å². The molecule has 0 radical (unpaired) electrons. The molecule has 0 fully saturated rings. The van der Waals surface area contributed by atoms with E-state index >= 15 is 0 Å². The summed E-state index contributed by atoms with van der Waals surface area (Å²) >= 11 is 0. The second-order valence-electron chi connectivity index (χ2n) is 5.83. The predicted octanol–water partition coefficient (Wildman–Crippen LogP) is 0.0424. The normalized spacial score (nSPS) is 21.0. The monoisotopic (exact) mass is 303 g/mol. The first-order valence-corrected chi connectivity index (χ1v) is 6.49. The number of hydrogen-bond acceptors (Lipinski definition) is 4. The smallest absolute Gasteiger partial charge is 0.362 e. The van der Waals surface area contributed by atoms with Crippen molar-refractivity contribution >= 4 is 17.8 Å². The van der Waals surface area contributed by atoms with Crippen LogP contribution >= 0.6 is 0 Å². The molecule has 0 saturated heterocycles. The highest BCUT2D eigenvalue weighted by molar-refractivity contribution is 5.80. The van der Waals surface area contributed by atoms with E-state index in [9.17, 15) is 14.8 Å². The van der Waals surface area contributed by atoms with Gasteiger partial charge >= 0.3 is 11.9 Å². The van der Waals surface area contributed by atoms with Gasteiger partial charge in [-0.15, -0.1) is 11.2 Å². The number of aliphatic carboxylic acids is 2. The topological polar surface area (TPSA) is 107 Å². The quantitative estimate of drug-likeness (QED) is 0.474. The Labute approximate surface area is 124 Å². The molecule has 0 saturated carbocycles. The summed E-state index contributed by atoms with van der Waals surface area (Å²) in [4.78, 5) is 24.5. The number of quaternary nitrogens is 2. The Kier molecular flexibility index (Phi) is 7.20. The second-order valence-corrected chi connectivity index (χ2v) is 5.83. The van der Waals surface area contributed by atoms with Crippen LogP contribution in [-0.4, -0.2) is 89.6 Å². The van der Waals surface area contributed by atoms with Crippen molar-refractivity contribution in [1.82, 2.24) is 0 Å². The van der Waals surface area contributed by atoms with Gasteiger partial charge in [0, 0.05) is 0 Å². The van der Waals surface area contributed by atoms with E-state index in [-0.39, 0.29) is 13.1 Å². The summed E-state index contributed by atoms with van der Waals surface area (Å²) in [5.41, 5.74) is 0. The van der Waals surface area contributed by atoms with Gasteiger partial charge in [0.1, 0.15) is 6.54 Å². The zero-order valence-electron chi connectivity index (χ0n) is 12.8. The number of rotatable bonds is 6. The summed E-state index contributed by atoms with van der Waals surface area (Å²) < 4.78 is -0.0866. The van der Waals surface area contributed by atoms with Crippen LogP contribution in [0.3, 0.4) is 0 Å². The molecule has 1 aliphatic heterocycles. The number of aliphatic imine (C=N–C) groups is 1. The minimum Gasteiger partial charge on any atom is -0.477 e. The maximum Gasteiger partial charge on any atom is 0.362 e. The number of carboxylic acids is 2. The van der Waals surface area contributed by atoms with Gasteiger partial charge in [0.05, 0.1) is 34.1 Å². The molecule has 1 atom stereocenters. The zero-order valence-corrected chi connectivity index (χ0v) is 12.8. The molecule has 3 N–H and O–H groups in total. The van der Waals surface area contributed by atoms with Crippen LogP contribution in [0.15, 0.2) is 17.6 Å². The summed E-state index contributed by atoms with van der Waals surface area (Å²) in [6, 6.07) is 0. The summed E-state index contributed by atoms with van der Waals surface area (Å²) in [5, 5.41) is 26.6. The van der Waals surface area contributed by atoms with Crippen molar-refractivity contribution in [3.8, 4) is 0 Å². The highest BCUT2D eigenvalue weighted by Gasteiger charge is 2.38. The number of carbonyl (C=O) groups is 2. The van der Waals surface area contributed by atoms with Gasteiger partial charge in [0.25, 0.3) is 0 Å². The number of hydrogen-bond donors (Lipinski definition) is 3. The molecule has 1 aliphatic rings. The highest BCUT2D eigenvalue weighted by Crippen LogP contribution is 2.13. The first kappa shape index (κ1) is 19.2. The van der Waals surface area contributed by atoms with Gasteiger partial charge in [0.2, 0.25) is 12.4 Å². The molecule has 0 bridgehead atoms. The molecular weight excluding hydrogens is 278 g/mol. The Morgan fingerprint density at radius 3 is 2.24 bits per heavy atom. The molecule has 0 amide bonds. The Hall–Kier alpha value is -1.77. The minimum atomic E-state index is -1.03. The van der Waals surface area contributed by atoms with Crippen LogP contribution in [0.2, 0.25) is 0 Å². The van der Waals surface area contributed by atoms with Gasteiger partial charge in [-0.05, 0) is 0 Å². The molecule has 1 heterocycles. The fraction of sp³-hybridized carbons (Fsp3) is 0.615. The van der Waals surface area contributed by atoms with Crippen molar-refractivity contribution in [2.75, 3.05) is 47.3 Å². The Balaban J connectivity index is 0.000000433. The number of carboxylic acid groups (broad SMARTS) is 2. The summed E-state index contributed by atoms with van der Waals surface area (Å²) in [6.45, 7) is 4.20. The van der Waals surface area contributed by atoms with E-state index in [2.05, 4.69) is 11.6 Å². The number of amidine groups is 1. The predicted molar refractivity (Wildman–Crippen MR) is 77.1 cm³/mol. The van der Waals surface area contributed by atoms with Crippen molar-refractivity contribution in [3.63, 3.8) is 0 Å². The van der Waals surface area contributed by atoms with Gasteiger partial charge in [-0.25, -0.2) is 19.8 Å². The molecule has 0 spiro atoms. The lowest BCUT2D eigenvalue weighted by Gasteiger charge is -2.22. The minimum absolute atomic E-state index is 0.181. The maximum absolute atomic E-state index is 10.5. The van der Waals surface area contributed by atoms with Crippen molar-refractivity contribution < 1.29 is 34.1 Å². The average molecular weight is 303 g/mol. The van der Waals surface area contributed by atoms with Crippen LogP contribution in [0.5, 0.6) is 0 Å². The Morgan fingerprint density at radius 2 is 1.90 bits per heavy atom. The van der Waals surface area contributed by atoms with Crippen molar-refractivity contribution in [2.45, 2.75) is 6.42 Å². The standard InChI is InChI=1S/C8H12N2O3.C5H11NO2/c1-2-3-7-9-4-5-10(7,13)6-8(11)12;1-6(2,3)4-5(7)8/h2,13H,1,3-6H2;4H2,1-3H3/p+2. The number of hydroxylamine groups is 3. The van der Waals surface area contributed by atoms with E-state index in [1.807, 2.05) is 21.1 Å². The molecule has 1 unspecified atom stereocenters. The molecule has 120 valence electrons. The maximum atomic E-state index is 10.5. The molecule has 0 aromatic heterocycles. The largest absolute Gasteiger partial charge is 0.477 e. The van der Waals surface area contributed by atoms with Gasteiger partial charge < -0.3 is 14.7 Å². The highest BCUT2D eigenvalue weighted by atomic mass is 16.6. The lowest BCUT2D eigenvalue weighted by Crippen LogP contribution is -2.50. The van der Waals surface area contributed by atoms with Crippen molar-refractivity contribution in [3.05, 3.63) is 12.7 Å². The molecule has 0 aliphatic carbocycles. The second kappa shape index (κ2) is 7.87. The van der Waals surface area contributed by atoms with Gasteiger partial charge in [-0.3, -0.25) is 0 Å². The van der Waals surface area contributed by atoms with Crippen LogP contribution in [0.1, 0.15) is 6.42 Å².